The first-order valence-electron chi connectivity index (χ1n) is 6.11. The van der Waals surface area contributed by atoms with Crippen LogP contribution in [0.15, 0.2) is 30.3 Å². The Kier molecular flexibility index (Phi) is 3.28. The lowest BCUT2D eigenvalue weighted by molar-refractivity contribution is -0.132. The molecule has 0 aliphatic heterocycles. The molecule has 1 fully saturated rings. The van der Waals surface area contributed by atoms with E-state index >= 15 is 0 Å². The summed E-state index contributed by atoms with van der Waals surface area (Å²) in [6, 6.07) is 10.4. The average Bonchev–Trinajstić information content (AvgIpc) is 3.11. The van der Waals surface area contributed by atoms with Crippen molar-refractivity contribution in [3.05, 3.63) is 35.9 Å². The number of carbonyl (C=O) groups is 1. The Labute approximate surface area is 97.3 Å². The van der Waals surface area contributed by atoms with Gasteiger partial charge in [0.15, 0.2) is 0 Å². The summed E-state index contributed by atoms with van der Waals surface area (Å²) in [5.41, 5.74) is 1.31. The predicted molar refractivity (Wildman–Crippen MR) is 65.2 cm³/mol. The van der Waals surface area contributed by atoms with Gasteiger partial charge >= 0.3 is 0 Å². The highest BCUT2D eigenvalue weighted by Crippen LogP contribution is 2.48. The van der Waals surface area contributed by atoms with E-state index in [0.717, 1.165) is 19.5 Å². The minimum Gasteiger partial charge on any atom is -0.343 e. The van der Waals surface area contributed by atoms with Crippen molar-refractivity contribution in [1.29, 1.82) is 0 Å². The van der Waals surface area contributed by atoms with E-state index < -0.39 is 0 Å². The van der Waals surface area contributed by atoms with Gasteiger partial charge in [0, 0.05) is 19.0 Å². The van der Waals surface area contributed by atoms with Crippen LogP contribution in [0.2, 0.25) is 0 Å². The fraction of sp³-hybridized carbons (Fsp3) is 0.500. The SMILES string of the molecule is CCN(CC)C(=O)[C@H]1C[C@@H]1c1ccccc1. The molecule has 2 heteroatoms. The predicted octanol–water partition coefficient (Wildman–Crippen LogP) is 2.66. The van der Waals surface area contributed by atoms with E-state index in [9.17, 15) is 4.79 Å². The molecule has 2 atom stereocenters. The third kappa shape index (κ3) is 2.11. The molecule has 0 bridgehead atoms. The van der Waals surface area contributed by atoms with Crippen molar-refractivity contribution >= 4 is 5.91 Å². The van der Waals surface area contributed by atoms with Crippen LogP contribution in [-0.4, -0.2) is 23.9 Å². The lowest BCUT2D eigenvalue weighted by atomic mass is 10.1. The molecule has 1 amide bonds. The van der Waals surface area contributed by atoms with Crippen molar-refractivity contribution in [2.75, 3.05) is 13.1 Å². The van der Waals surface area contributed by atoms with Crippen molar-refractivity contribution < 1.29 is 4.79 Å². The molecule has 0 heterocycles. The number of benzene rings is 1. The minimum atomic E-state index is 0.238. The average molecular weight is 217 g/mol. The summed E-state index contributed by atoms with van der Waals surface area (Å²) in [6.07, 6.45) is 1.03. The monoisotopic (exact) mass is 217 g/mol. The molecule has 1 aromatic rings. The third-order valence-corrected chi connectivity index (χ3v) is 3.41. The van der Waals surface area contributed by atoms with E-state index in [1.165, 1.54) is 5.56 Å². The van der Waals surface area contributed by atoms with Crippen molar-refractivity contribution in [2.24, 2.45) is 5.92 Å². The van der Waals surface area contributed by atoms with Gasteiger partial charge in [-0.2, -0.15) is 0 Å². The second-order valence-electron chi connectivity index (χ2n) is 4.37. The number of rotatable bonds is 4. The molecule has 2 rings (SSSR count). The second kappa shape index (κ2) is 4.69. The molecule has 1 aromatic carbocycles. The van der Waals surface area contributed by atoms with Gasteiger partial charge in [0.25, 0.3) is 0 Å². The number of carbonyl (C=O) groups excluding carboxylic acids is 1. The summed E-state index contributed by atoms with van der Waals surface area (Å²) >= 11 is 0. The van der Waals surface area contributed by atoms with Crippen molar-refractivity contribution in [2.45, 2.75) is 26.2 Å². The van der Waals surface area contributed by atoms with Gasteiger partial charge in [-0.3, -0.25) is 4.79 Å². The largest absolute Gasteiger partial charge is 0.343 e. The van der Waals surface area contributed by atoms with Gasteiger partial charge in [-0.05, 0) is 31.7 Å². The summed E-state index contributed by atoms with van der Waals surface area (Å²) in [5, 5.41) is 0. The highest BCUT2D eigenvalue weighted by molar-refractivity contribution is 5.83. The van der Waals surface area contributed by atoms with Gasteiger partial charge in [0.2, 0.25) is 5.91 Å². The van der Waals surface area contributed by atoms with Gasteiger partial charge in [-0.1, -0.05) is 30.3 Å². The topological polar surface area (TPSA) is 20.3 Å². The maximum atomic E-state index is 12.1. The zero-order valence-electron chi connectivity index (χ0n) is 10.0. The van der Waals surface area contributed by atoms with Crippen molar-refractivity contribution in [1.82, 2.24) is 4.90 Å². The first-order valence-corrected chi connectivity index (χ1v) is 6.11. The molecule has 1 saturated carbocycles. The van der Waals surface area contributed by atoms with Crippen molar-refractivity contribution in [3.63, 3.8) is 0 Å². The van der Waals surface area contributed by atoms with Gasteiger partial charge in [-0.15, -0.1) is 0 Å². The maximum Gasteiger partial charge on any atom is 0.226 e. The molecular weight excluding hydrogens is 198 g/mol. The zero-order valence-corrected chi connectivity index (χ0v) is 10.0. The third-order valence-electron chi connectivity index (χ3n) is 3.41. The summed E-state index contributed by atoms with van der Waals surface area (Å²) in [4.78, 5) is 14.0. The fourth-order valence-corrected chi connectivity index (χ4v) is 2.31. The van der Waals surface area contributed by atoms with Crippen LogP contribution in [-0.2, 0) is 4.79 Å². The van der Waals surface area contributed by atoms with Gasteiger partial charge in [-0.25, -0.2) is 0 Å². The molecule has 0 saturated heterocycles. The van der Waals surface area contributed by atoms with E-state index in [2.05, 4.69) is 12.1 Å². The van der Waals surface area contributed by atoms with Gasteiger partial charge in [0.05, 0.1) is 0 Å². The highest BCUT2D eigenvalue weighted by Gasteiger charge is 2.45. The minimum absolute atomic E-state index is 0.238. The Bertz CT molecular complexity index is 356. The summed E-state index contributed by atoms with van der Waals surface area (Å²) in [7, 11) is 0. The zero-order chi connectivity index (χ0) is 11.5. The van der Waals surface area contributed by atoms with Gasteiger partial charge < -0.3 is 4.90 Å². The highest BCUT2D eigenvalue weighted by atomic mass is 16.2. The van der Waals surface area contributed by atoms with Crippen LogP contribution >= 0.6 is 0 Å². The number of nitrogens with zero attached hydrogens (tertiary/aromatic N) is 1. The normalized spacial score (nSPS) is 22.9. The fourth-order valence-electron chi connectivity index (χ4n) is 2.31. The summed E-state index contributed by atoms with van der Waals surface area (Å²) < 4.78 is 0. The van der Waals surface area contributed by atoms with E-state index in [4.69, 9.17) is 0 Å². The van der Waals surface area contributed by atoms with E-state index in [1.54, 1.807) is 0 Å². The molecule has 0 aromatic heterocycles. The molecular formula is C14H19NO. The molecule has 1 aliphatic rings. The molecule has 0 N–H and O–H groups in total. The molecule has 0 radical (unpaired) electrons. The Morgan fingerprint density at radius 3 is 2.44 bits per heavy atom. The molecule has 86 valence electrons. The smallest absolute Gasteiger partial charge is 0.226 e. The number of hydrogen-bond acceptors (Lipinski definition) is 1. The van der Waals surface area contributed by atoms with Crippen LogP contribution in [0, 0.1) is 5.92 Å². The van der Waals surface area contributed by atoms with Crippen LogP contribution in [0.25, 0.3) is 0 Å². The van der Waals surface area contributed by atoms with E-state index in [-0.39, 0.29) is 5.92 Å². The lowest BCUT2D eigenvalue weighted by Crippen LogP contribution is -2.32. The Morgan fingerprint density at radius 1 is 1.25 bits per heavy atom. The van der Waals surface area contributed by atoms with E-state index in [1.807, 2.05) is 36.9 Å². The second-order valence-corrected chi connectivity index (χ2v) is 4.37. The summed E-state index contributed by atoms with van der Waals surface area (Å²) in [5.74, 6) is 1.04. The molecule has 0 spiro atoms. The number of amides is 1. The Morgan fingerprint density at radius 2 is 1.88 bits per heavy atom. The lowest BCUT2D eigenvalue weighted by Gasteiger charge is -2.18. The quantitative estimate of drug-likeness (QED) is 0.759. The van der Waals surface area contributed by atoms with E-state index in [0.29, 0.717) is 11.8 Å². The standard InChI is InChI=1S/C14H19NO/c1-3-15(4-2)14(16)13-10-12(13)11-8-6-5-7-9-11/h5-9,12-13H,3-4,10H2,1-2H3/t12-,13+/m1/s1. The van der Waals surface area contributed by atoms with Crippen LogP contribution in [0.3, 0.4) is 0 Å². The number of hydrogen-bond donors (Lipinski definition) is 0. The van der Waals surface area contributed by atoms with Crippen LogP contribution in [0.1, 0.15) is 31.7 Å². The van der Waals surface area contributed by atoms with Crippen molar-refractivity contribution in [3.8, 4) is 0 Å². The maximum absolute atomic E-state index is 12.1. The first-order chi connectivity index (χ1) is 7.77. The molecule has 0 unspecified atom stereocenters. The molecule has 2 nitrogen and oxygen atoms in total. The first kappa shape index (κ1) is 11.2. The molecule has 1 aliphatic carbocycles. The summed E-state index contributed by atoms with van der Waals surface area (Å²) in [6.45, 7) is 5.74. The van der Waals surface area contributed by atoms with Gasteiger partial charge in [0.1, 0.15) is 0 Å². The van der Waals surface area contributed by atoms with Crippen LogP contribution in [0.4, 0.5) is 0 Å². The molecule has 16 heavy (non-hydrogen) atoms. The Hall–Kier alpha value is -1.31. The van der Waals surface area contributed by atoms with Crippen LogP contribution < -0.4 is 0 Å². The Balaban J connectivity index is 1.99. The van der Waals surface area contributed by atoms with Crippen LogP contribution in [0.5, 0.6) is 0 Å².